The van der Waals surface area contributed by atoms with Gasteiger partial charge in [0.05, 0.1) is 6.61 Å². The molecule has 0 saturated carbocycles. The fourth-order valence-corrected chi connectivity index (χ4v) is 2.01. The lowest BCUT2D eigenvalue weighted by Gasteiger charge is -2.29. The molecule has 2 rings (SSSR count). The number of hydrogen-bond donors (Lipinski definition) is 1. The molecule has 2 heterocycles. The zero-order chi connectivity index (χ0) is 12.3. The molecular formula is C12H20N4O. The van der Waals surface area contributed by atoms with E-state index in [9.17, 15) is 0 Å². The van der Waals surface area contributed by atoms with Crippen molar-refractivity contribution in [3.63, 3.8) is 0 Å². The summed E-state index contributed by atoms with van der Waals surface area (Å²) in [4.78, 5) is 11.2. The number of aryl methyl sites for hydroxylation is 1. The number of nitrogens with two attached hydrogens (primary N) is 1. The van der Waals surface area contributed by atoms with Gasteiger partial charge in [-0.3, -0.25) is 0 Å². The molecule has 0 amide bonds. The van der Waals surface area contributed by atoms with Gasteiger partial charge in [0.15, 0.2) is 5.82 Å². The largest absolute Gasteiger partial charge is 0.368 e. The Bertz CT molecular complexity index is 383. The summed E-state index contributed by atoms with van der Waals surface area (Å²) in [5.41, 5.74) is 7.55. The molecule has 1 unspecified atom stereocenters. The zero-order valence-corrected chi connectivity index (χ0v) is 10.5. The van der Waals surface area contributed by atoms with E-state index in [1.165, 1.54) is 0 Å². The highest BCUT2D eigenvalue weighted by Gasteiger charge is 2.22. The lowest BCUT2D eigenvalue weighted by atomic mass is 10.2. The van der Waals surface area contributed by atoms with Crippen LogP contribution >= 0.6 is 0 Å². The Morgan fingerprint density at radius 1 is 1.53 bits per heavy atom. The molecule has 0 radical (unpaired) electrons. The second kappa shape index (κ2) is 5.53. The number of rotatable bonds is 3. The Morgan fingerprint density at radius 3 is 3.06 bits per heavy atom. The summed E-state index contributed by atoms with van der Waals surface area (Å²) in [6, 6.07) is 1.99. The summed E-state index contributed by atoms with van der Waals surface area (Å²) in [6.07, 6.45) is 0.781. The minimum Gasteiger partial charge on any atom is -0.368 e. The van der Waals surface area contributed by atoms with Crippen molar-refractivity contribution >= 4 is 0 Å². The average molecular weight is 236 g/mol. The monoisotopic (exact) mass is 236 g/mol. The first-order valence-corrected chi connectivity index (χ1v) is 6.03. The standard InChI is InChI=1S/C12H20N4O/c1-9-7-10(3-4-13)15-12(14-9)11-8-16(2)5-6-17-11/h7,11H,3-6,8,13H2,1-2H3. The Balaban J connectivity index is 2.18. The number of nitrogens with zero attached hydrogens (tertiary/aromatic N) is 3. The van der Waals surface area contributed by atoms with Gasteiger partial charge in [-0.05, 0) is 26.6 Å². The van der Waals surface area contributed by atoms with E-state index >= 15 is 0 Å². The van der Waals surface area contributed by atoms with Crippen LogP contribution in [0.15, 0.2) is 6.07 Å². The van der Waals surface area contributed by atoms with Crippen molar-refractivity contribution in [1.29, 1.82) is 0 Å². The van der Waals surface area contributed by atoms with Gasteiger partial charge in [-0.25, -0.2) is 9.97 Å². The molecule has 1 aliphatic heterocycles. The van der Waals surface area contributed by atoms with Crippen LogP contribution in [0.3, 0.4) is 0 Å². The highest BCUT2D eigenvalue weighted by atomic mass is 16.5. The van der Waals surface area contributed by atoms with E-state index in [1.807, 2.05) is 13.0 Å². The first kappa shape index (κ1) is 12.4. The third kappa shape index (κ3) is 3.21. The van der Waals surface area contributed by atoms with E-state index in [1.54, 1.807) is 0 Å². The predicted octanol–water partition coefficient (Wildman–Crippen LogP) is 0.289. The lowest BCUT2D eigenvalue weighted by Crippen LogP contribution is -2.36. The maximum absolute atomic E-state index is 5.72. The predicted molar refractivity (Wildman–Crippen MR) is 65.7 cm³/mol. The van der Waals surface area contributed by atoms with Gasteiger partial charge in [0.2, 0.25) is 0 Å². The highest BCUT2D eigenvalue weighted by molar-refractivity contribution is 5.12. The molecule has 17 heavy (non-hydrogen) atoms. The van der Waals surface area contributed by atoms with Crippen LogP contribution in [-0.2, 0) is 11.2 Å². The third-order valence-electron chi connectivity index (χ3n) is 2.88. The number of ether oxygens (including phenoxy) is 1. The van der Waals surface area contributed by atoms with E-state index in [0.29, 0.717) is 6.54 Å². The molecule has 0 aliphatic carbocycles. The fraction of sp³-hybridized carbons (Fsp3) is 0.667. The maximum Gasteiger partial charge on any atom is 0.158 e. The molecule has 0 spiro atoms. The smallest absolute Gasteiger partial charge is 0.158 e. The second-order valence-corrected chi connectivity index (χ2v) is 4.52. The van der Waals surface area contributed by atoms with Crippen molar-refractivity contribution in [2.75, 3.05) is 33.3 Å². The first-order chi connectivity index (χ1) is 8.19. The molecule has 1 aliphatic rings. The van der Waals surface area contributed by atoms with Crippen LogP contribution in [0.4, 0.5) is 0 Å². The van der Waals surface area contributed by atoms with Crippen molar-refractivity contribution < 1.29 is 4.74 Å². The van der Waals surface area contributed by atoms with Crippen LogP contribution in [0.1, 0.15) is 23.3 Å². The average Bonchev–Trinajstić information content (AvgIpc) is 2.28. The van der Waals surface area contributed by atoms with Crippen LogP contribution in [0.25, 0.3) is 0 Å². The Labute approximate surface area is 102 Å². The second-order valence-electron chi connectivity index (χ2n) is 4.52. The number of hydrogen-bond acceptors (Lipinski definition) is 5. The van der Waals surface area contributed by atoms with Gasteiger partial charge in [-0.2, -0.15) is 0 Å². The Kier molecular flexibility index (Phi) is 4.04. The van der Waals surface area contributed by atoms with Crippen molar-refractivity contribution in [3.8, 4) is 0 Å². The van der Waals surface area contributed by atoms with Crippen molar-refractivity contribution in [3.05, 3.63) is 23.3 Å². The molecule has 2 N–H and O–H groups in total. The first-order valence-electron chi connectivity index (χ1n) is 6.03. The Hall–Kier alpha value is -1.04. The number of aromatic nitrogens is 2. The lowest BCUT2D eigenvalue weighted by molar-refractivity contribution is -0.0256. The van der Waals surface area contributed by atoms with E-state index in [2.05, 4.69) is 21.9 Å². The Morgan fingerprint density at radius 2 is 2.35 bits per heavy atom. The van der Waals surface area contributed by atoms with Crippen molar-refractivity contribution in [2.45, 2.75) is 19.4 Å². The summed E-state index contributed by atoms with van der Waals surface area (Å²) in [6.45, 7) is 5.16. The fourth-order valence-electron chi connectivity index (χ4n) is 2.01. The molecule has 5 heteroatoms. The van der Waals surface area contributed by atoms with E-state index in [4.69, 9.17) is 10.5 Å². The molecule has 1 aromatic rings. The van der Waals surface area contributed by atoms with Gasteiger partial charge in [0.1, 0.15) is 6.10 Å². The third-order valence-corrected chi connectivity index (χ3v) is 2.88. The number of likely N-dealkylation sites (N-methyl/N-ethyl adjacent to an activating group) is 1. The van der Waals surface area contributed by atoms with Crippen LogP contribution < -0.4 is 5.73 Å². The summed E-state index contributed by atoms with van der Waals surface area (Å²) in [5.74, 6) is 0.792. The molecule has 0 bridgehead atoms. The molecule has 94 valence electrons. The van der Waals surface area contributed by atoms with E-state index < -0.39 is 0 Å². The van der Waals surface area contributed by atoms with Gasteiger partial charge in [0, 0.05) is 30.9 Å². The molecule has 1 aromatic heterocycles. The van der Waals surface area contributed by atoms with Crippen LogP contribution in [-0.4, -0.2) is 48.2 Å². The van der Waals surface area contributed by atoms with Gasteiger partial charge >= 0.3 is 0 Å². The molecular weight excluding hydrogens is 216 g/mol. The van der Waals surface area contributed by atoms with Gasteiger partial charge in [-0.15, -0.1) is 0 Å². The van der Waals surface area contributed by atoms with Gasteiger partial charge in [-0.1, -0.05) is 0 Å². The molecule has 5 nitrogen and oxygen atoms in total. The highest BCUT2D eigenvalue weighted by Crippen LogP contribution is 2.18. The topological polar surface area (TPSA) is 64.3 Å². The van der Waals surface area contributed by atoms with Crippen molar-refractivity contribution in [2.24, 2.45) is 5.73 Å². The van der Waals surface area contributed by atoms with Crippen LogP contribution in [0, 0.1) is 6.92 Å². The van der Waals surface area contributed by atoms with Crippen molar-refractivity contribution in [1.82, 2.24) is 14.9 Å². The summed E-state index contributed by atoms with van der Waals surface area (Å²) in [5, 5.41) is 0. The van der Waals surface area contributed by atoms with E-state index in [-0.39, 0.29) is 6.10 Å². The number of morpholine rings is 1. The minimum absolute atomic E-state index is 0.00910. The SMILES string of the molecule is Cc1cc(CCN)nc(C2CN(C)CCO2)n1. The maximum atomic E-state index is 5.72. The molecule has 0 aromatic carbocycles. The van der Waals surface area contributed by atoms with E-state index in [0.717, 1.165) is 43.3 Å². The quantitative estimate of drug-likeness (QED) is 0.817. The van der Waals surface area contributed by atoms with Crippen LogP contribution in [0.5, 0.6) is 0 Å². The normalized spacial score (nSPS) is 21.7. The summed E-state index contributed by atoms with van der Waals surface area (Å²) >= 11 is 0. The van der Waals surface area contributed by atoms with Gasteiger partial charge in [0.25, 0.3) is 0 Å². The van der Waals surface area contributed by atoms with Gasteiger partial charge < -0.3 is 15.4 Å². The molecule has 1 fully saturated rings. The molecule has 1 saturated heterocycles. The minimum atomic E-state index is -0.00910. The summed E-state index contributed by atoms with van der Waals surface area (Å²) in [7, 11) is 2.09. The summed E-state index contributed by atoms with van der Waals surface area (Å²) < 4.78 is 5.72. The van der Waals surface area contributed by atoms with Crippen LogP contribution in [0.2, 0.25) is 0 Å². The molecule has 1 atom stereocenters. The zero-order valence-electron chi connectivity index (χ0n) is 10.5.